The van der Waals surface area contributed by atoms with E-state index >= 15 is 0 Å². The number of fused-ring (bicyclic) bond motifs is 6. The van der Waals surface area contributed by atoms with E-state index in [1.807, 2.05) is 23.9 Å². The Morgan fingerprint density at radius 2 is 1.83 bits per heavy atom. The molecule has 7 atom stereocenters. The Kier molecular flexibility index (Phi) is 6.50. The number of rotatable bonds is 6. The molecule has 2 aromatic carbocycles. The van der Waals surface area contributed by atoms with Crippen molar-refractivity contribution in [3.63, 3.8) is 0 Å². The van der Waals surface area contributed by atoms with Gasteiger partial charge in [-0.3, -0.25) is 0 Å². The molecular formula is C35H41N3O4. The Balaban J connectivity index is 1.14. The van der Waals surface area contributed by atoms with Crippen LogP contribution in [0.1, 0.15) is 68.3 Å². The summed E-state index contributed by atoms with van der Waals surface area (Å²) in [6.45, 7) is 5.78. The van der Waals surface area contributed by atoms with Gasteiger partial charge < -0.3 is 20.6 Å². The average Bonchev–Trinajstić information content (AvgIpc) is 3.49. The van der Waals surface area contributed by atoms with Crippen LogP contribution in [0.25, 0.3) is 11.8 Å². The molecule has 0 spiro atoms. The Morgan fingerprint density at radius 1 is 1.07 bits per heavy atom. The van der Waals surface area contributed by atoms with Crippen molar-refractivity contribution in [2.24, 2.45) is 28.6 Å². The summed E-state index contributed by atoms with van der Waals surface area (Å²) in [5, 5.41) is 41.3. The van der Waals surface area contributed by atoms with E-state index in [4.69, 9.17) is 5.10 Å². The predicted molar refractivity (Wildman–Crippen MR) is 161 cm³/mol. The summed E-state index contributed by atoms with van der Waals surface area (Å²) < 4.78 is 2.05. The zero-order valence-electron chi connectivity index (χ0n) is 24.5. The summed E-state index contributed by atoms with van der Waals surface area (Å²) in [7, 11) is 0. The van der Waals surface area contributed by atoms with Gasteiger partial charge in [0, 0.05) is 18.5 Å². The molecule has 3 unspecified atom stereocenters. The lowest BCUT2D eigenvalue weighted by Crippen LogP contribution is -2.61. The number of nitrogens with zero attached hydrogens (tertiary/aromatic N) is 2. The number of nitrogens with one attached hydrogen (secondary N) is 1. The molecule has 4 aliphatic rings. The number of aliphatic hydroxyl groups excluding tert-OH is 1. The molecule has 0 saturated heterocycles. The van der Waals surface area contributed by atoms with Crippen molar-refractivity contribution in [1.29, 1.82) is 0 Å². The largest absolute Gasteiger partial charge is 0.479 e. The highest BCUT2D eigenvalue weighted by atomic mass is 16.4. The Morgan fingerprint density at radius 3 is 2.62 bits per heavy atom. The summed E-state index contributed by atoms with van der Waals surface area (Å²) in [5.41, 5.74) is 4.35. The molecule has 0 amide bonds. The lowest BCUT2D eigenvalue weighted by atomic mass is 9.45. The summed E-state index contributed by atoms with van der Waals surface area (Å²) in [6, 6.07) is 18.9. The van der Waals surface area contributed by atoms with Crippen molar-refractivity contribution in [3.8, 4) is 5.69 Å². The van der Waals surface area contributed by atoms with Crippen molar-refractivity contribution < 1.29 is 20.1 Å². The third kappa shape index (κ3) is 4.04. The van der Waals surface area contributed by atoms with Crippen LogP contribution in [0, 0.1) is 28.6 Å². The molecule has 42 heavy (non-hydrogen) atoms. The average molecular weight is 568 g/mol. The topological polar surface area (TPSA) is 108 Å². The lowest BCUT2D eigenvalue weighted by Gasteiger charge is -2.60. The van der Waals surface area contributed by atoms with Gasteiger partial charge in [-0.15, -0.1) is 0 Å². The molecule has 3 aromatic rings. The second-order valence-corrected chi connectivity index (χ2v) is 13.7. The number of aliphatic carboxylic acids is 1. The van der Waals surface area contributed by atoms with Crippen LogP contribution in [0.3, 0.4) is 0 Å². The number of aliphatic hydroxyl groups is 2. The highest BCUT2D eigenvalue weighted by Crippen LogP contribution is 2.67. The molecule has 4 aliphatic carbocycles. The van der Waals surface area contributed by atoms with Crippen molar-refractivity contribution >= 4 is 12.0 Å². The first-order valence-electron chi connectivity index (χ1n) is 15.4. The minimum absolute atomic E-state index is 0.0298. The number of hydrogen-bond donors (Lipinski definition) is 4. The predicted octanol–water partition coefficient (Wildman–Crippen LogP) is 5.13. The molecule has 220 valence electrons. The highest BCUT2D eigenvalue weighted by molar-refractivity contribution is 5.79. The molecule has 3 fully saturated rings. The molecule has 0 radical (unpaired) electrons. The SMILES string of the molecule is C[C@]12Cc3cnn(-c4cccc(CNCc5ccccc5)c4)c3C=C1CCC1C2[C@@H](O)C[C@@]2(C)C1CC[C@]2(O)C(=O)O. The van der Waals surface area contributed by atoms with Crippen molar-refractivity contribution in [2.75, 3.05) is 0 Å². The zero-order valence-corrected chi connectivity index (χ0v) is 24.5. The molecule has 1 heterocycles. The number of benzene rings is 2. The number of carbonyl (C=O) groups is 1. The van der Waals surface area contributed by atoms with Crippen LogP contribution in [-0.4, -0.2) is 42.8 Å². The fourth-order valence-electron chi connectivity index (χ4n) is 9.49. The van der Waals surface area contributed by atoms with Crippen LogP contribution in [0.4, 0.5) is 0 Å². The smallest absolute Gasteiger partial charge is 0.336 e. The van der Waals surface area contributed by atoms with Gasteiger partial charge in [-0.1, -0.05) is 61.9 Å². The van der Waals surface area contributed by atoms with E-state index < -0.39 is 23.1 Å². The third-order valence-corrected chi connectivity index (χ3v) is 11.6. The van der Waals surface area contributed by atoms with Gasteiger partial charge in [0.05, 0.1) is 23.7 Å². The minimum atomic E-state index is -1.77. The van der Waals surface area contributed by atoms with Crippen molar-refractivity contribution in [2.45, 2.75) is 77.2 Å². The monoisotopic (exact) mass is 567 g/mol. The summed E-state index contributed by atoms with van der Waals surface area (Å²) in [4.78, 5) is 12.2. The maximum absolute atomic E-state index is 12.2. The molecular weight excluding hydrogens is 526 g/mol. The van der Waals surface area contributed by atoms with Crippen LogP contribution in [0.15, 0.2) is 66.4 Å². The highest BCUT2D eigenvalue weighted by Gasteiger charge is 2.68. The van der Waals surface area contributed by atoms with E-state index in [1.165, 1.54) is 22.3 Å². The van der Waals surface area contributed by atoms with Gasteiger partial charge in [-0.05, 0) is 96.6 Å². The van der Waals surface area contributed by atoms with E-state index in [9.17, 15) is 20.1 Å². The van der Waals surface area contributed by atoms with Gasteiger partial charge in [0.1, 0.15) is 0 Å². The van der Waals surface area contributed by atoms with Gasteiger partial charge in [-0.25, -0.2) is 9.48 Å². The Bertz CT molecular complexity index is 1550. The van der Waals surface area contributed by atoms with Gasteiger partial charge >= 0.3 is 5.97 Å². The fourth-order valence-corrected chi connectivity index (χ4v) is 9.49. The maximum atomic E-state index is 12.2. The molecule has 0 aliphatic heterocycles. The van der Waals surface area contributed by atoms with E-state index in [0.29, 0.717) is 12.8 Å². The van der Waals surface area contributed by atoms with E-state index in [0.717, 1.165) is 43.7 Å². The molecule has 0 bridgehead atoms. The molecule has 7 heteroatoms. The quantitative estimate of drug-likeness (QED) is 0.329. The zero-order chi connectivity index (χ0) is 29.3. The summed E-state index contributed by atoms with van der Waals surface area (Å²) in [5.74, 6) is -0.840. The lowest BCUT2D eigenvalue weighted by molar-refractivity contribution is -0.193. The summed E-state index contributed by atoms with van der Waals surface area (Å²) in [6.07, 6.45) is 7.53. The normalized spacial score (nSPS) is 35.0. The second-order valence-electron chi connectivity index (χ2n) is 13.7. The Labute approximate surface area is 247 Å². The van der Waals surface area contributed by atoms with Crippen molar-refractivity contribution in [1.82, 2.24) is 15.1 Å². The van der Waals surface area contributed by atoms with Crippen LogP contribution < -0.4 is 5.32 Å². The molecule has 1 aromatic heterocycles. The number of carboxylic acids is 1. The molecule has 4 N–H and O–H groups in total. The van der Waals surface area contributed by atoms with Crippen LogP contribution in [0.2, 0.25) is 0 Å². The van der Waals surface area contributed by atoms with Crippen LogP contribution >= 0.6 is 0 Å². The van der Waals surface area contributed by atoms with Crippen molar-refractivity contribution in [3.05, 3.63) is 88.8 Å². The van der Waals surface area contributed by atoms with Gasteiger partial charge in [-0.2, -0.15) is 5.10 Å². The van der Waals surface area contributed by atoms with Gasteiger partial charge in [0.25, 0.3) is 0 Å². The minimum Gasteiger partial charge on any atom is -0.479 e. The van der Waals surface area contributed by atoms with E-state index in [1.54, 1.807) is 0 Å². The number of hydrogen-bond acceptors (Lipinski definition) is 5. The van der Waals surface area contributed by atoms with Crippen LogP contribution in [0.5, 0.6) is 0 Å². The molecule has 7 rings (SSSR count). The number of aromatic nitrogens is 2. The van der Waals surface area contributed by atoms with Gasteiger partial charge in [0.2, 0.25) is 0 Å². The summed E-state index contributed by atoms with van der Waals surface area (Å²) >= 11 is 0. The van der Waals surface area contributed by atoms with E-state index in [-0.39, 0.29) is 29.6 Å². The second kappa shape index (κ2) is 9.90. The van der Waals surface area contributed by atoms with Gasteiger partial charge in [0.15, 0.2) is 5.60 Å². The van der Waals surface area contributed by atoms with E-state index in [2.05, 4.69) is 66.8 Å². The molecule has 3 saturated carbocycles. The molecule has 7 nitrogen and oxygen atoms in total. The maximum Gasteiger partial charge on any atom is 0.336 e. The Hall–Kier alpha value is -3.26. The first-order valence-corrected chi connectivity index (χ1v) is 15.4. The first kappa shape index (κ1) is 27.6. The fraction of sp³-hybridized carbons (Fsp3) is 0.486. The number of carboxylic acid groups (broad SMARTS) is 1. The van der Waals surface area contributed by atoms with Crippen LogP contribution in [-0.2, 0) is 24.3 Å². The standard InChI is InChI=1S/C35H41N3O4/c1-33-17-24-21-37-38(26-10-6-9-23(15-26)20-36-19-22-7-4-3-5-8-22)29(24)16-25(33)11-12-27-28-13-14-35(42,32(40)41)34(28,2)18-30(39)31(27)33/h3-10,15-16,21,27-28,30-31,36,39,42H,11-14,17-20H2,1-2H3,(H,40,41)/t27?,28?,30-,31?,33-,34-,35-/m0/s1. The number of allylic oxidation sites excluding steroid dienone is 1. The first-order chi connectivity index (χ1) is 20.1. The third-order valence-electron chi connectivity index (χ3n) is 11.6.